The van der Waals surface area contributed by atoms with Crippen molar-refractivity contribution in [2.24, 2.45) is 0 Å². The van der Waals surface area contributed by atoms with Gasteiger partial charge in [-0.05, 0) is 32.0 Å². The van der Waals surface area contributed by atoms with Gasteiger partial charge in [-0.25, -0.2) is 13.8 Å². The summed E-state index contributed by atoms with van der Waals surface area (Å²) in [6.45, 7) is 3.38. The van der Waals surface area contributed by atoms with Crippen molar-refractivity contribution in [1.82, 2.24) is 9.97 Å². The van der Waals surface area contributed by atoms with Gasteiger partial charge in [-0.1, -0.05) is 0 Å². The third-order valence-electron chi connectivity index (χ3n) is 2.67. The summed E-state index contributed by atoms with van der Waals surface area (Å²) in [6, 6.07) is 5.28. The van der Waals surface area contributed by atoms with Gasteiger partial charge in [0.2, 0.25) is 0 Å². The minimum absolute atomic E-state index is 0.0995. The second-order valence-electron chi connectivity index (χ2n) is 4.51. The van der Waals surface area contributed by atoms with E-state index < -0.39 is 17.0 Å². The molecular weight excluding hydrogens is 236 g/mol. The molecule has 2 rings (SSSR count). The molecule has 0 amide bonds. The molecule has 0 fully saturated rings. The predicted octanol–water partition coefficient (Wildman–Crippen LogP) is 3.16. The zero-order valence-electron chi connectivity index (χ0n) is 9.96. The number of imidazole rings is 1. The monoisotopic (exact) mass is 247 g/mol. The maximum atomic E-state index is 13.6. The van der Waals surface area contributed by atoms with Crippen LogP contribution in [0.3, 0.4) is 0 Å². The van der Waals surface area contributed by atoms with E-state index in [0.717, 1.165) is 18.2 Å². The maximum absolute atomic E-state index is 13.6. The number of nitrogens with one attached hydrogen (secondary N) is 1. The van der Waals surface area contributed by atoms with Gasteiger partial charge in [0.15, 0.2) is 0 Å². The van der Waals surface area contributed by atoms with Crippen LogP contribution in [-0.4, -0.2) is 9.97 Å². The number of aromatic nitrogens is 2. The van der Waals surface area contributed by atoms with Crippen LogP contribution >= 0.6 is 0 Å². The number of benzene rings is 1. The Balaban J connectivity index is 2.48. The summed E-state index contributed by atoms with van der Waals surface area (Å²) in [6.07, 6.45) is 1.40. The minimum Gasteiger partial charge on any atom is -0.341 e. The van der Waals surface area contributed by atoms with Crippen molar-refractivity contribution in [3.8, 4) is 17.3 Å². The van der Waals surface area contributed by atoms with Crippen molar-refractivity contribution in [1.29, 1.82) is 5.26 Å². The van der Waals surface area contributed by atoms with Gasteiger partial charge in [-0.2, -0.15) is 5.26 Å². The first-order valence-corrected chi connectivity index (χ1v) is 5.36. The topological polar surface area (TPSA) is 52.5 Å². The van der Waals surface area contributed by atoms with Crippen LogP contribution in [0.1, 0.15) is 19.7 Å². The van der Waals surface area contributed by atoms with E-state index in [2.05, 4.69) is 16.0 Å². The molecule has 0 unspecified atom stereocenters. The number of nitrogens with zero attached hydrogens (tertiary/aromatic N) is 2. The van der Waals surface area contributed by atoms with E-state index >= 15 is 0 Å². The Labute approximate surface area is 103 Å². The van der Waals surface area contributed by atoms with Crippen LogP contribution in [0, 0.1) is 23.0 Å². The predicted molar refractivity (Wildman–Crippen MR) is 62.6 cm³/mol. The van der Waals surface area contributed by atoms with Crippen molar-refractivity contribution >= 4 is 0 Å². The van der Waals surface area contributed by atoms with E-state index in [9.17, 15) is 8.78 Å². The average molecular weight is 247 g/mol. The van der Waals surface area contributed by atoms with Crippen molar-refractivity contribution in [2.75, 3.05) is 0 Å². The molecule has 0 aliphatic rings. The zero-order chi connectivity index (χ0) is 13.3. The second-order valence-corrected chi connectivity index (χ2v) is 4.51. The van der Waals surface area contributed by atoms with E-state index in [4.69, 9.17) is 5.26 Å². The molecule has 0 saturated heterocycles. The van der Waals surface area contributed by atoms with Gasteiger partial charge in [0.25, 0.3) is 0 Å². The smallest absolute Gasteiger partial charge is 0.132 e. The van der Waals surface area contributed by atoms with Crippen LogP contribution < -0.4 is 0 Å². The molecule has 0 aliphatic heterocycles. The molecule has 3 nitrogen and oxygen atoms in total. The van der Waals surface area contributed by atoms with Crippen LogP contribution in [0.4, 0.5) is 8.78 Å². The second kappa shape index (κ2) is 4.22. The van der Waals surface area contributed by atoms with Gasteiger partial charge in [0.05, 0.1) is 18.0 Å². The summed E-state index contributed by atoms with van der Waals surface area (Å²) in [4.78, 5) is 6.89. The molecule has 1 aromatic carbocycles. The van der Waals surface area contributed by atoms with Gasteiger partial charge in [-0.15, -0.1) is 0 Å². The van der Waals surface area contributed by atoms with Gasteiger partial charge < -0.3 is 4.98 Å². The summed E-state index contributed by atoms with van der Waals surface area (Å²) in [5.41, 5.74) is -0.352. The highest BCUT2D eigenvalue weighted by Crippen LogP contribution is 2.25. The fraction of sp³-hybridized carbons (Fsp3) is 0.231. The van der Waals surface area contributed by atoms with Crippen molar-refractivity contribution in [3.63, 3.8) is 0 Å². The van der Waals surface area contributed by atoms with Crippen LogP contribution in [0.5, 0.6) is 0 Å². The summed E-state index contributed by atoms with van der Waals surface area (Å²) in [7, 11) is 0. The quantitative estimate of drug-likeness (QED) is 0.886. The molecule has 1 N–H and O–H groups in total. The van der Waals surface area contributed by atoms with Gasteiger partial charge in [0.1, 0.15) is 22.9 Å². The Morgan fingerprint density at radius 2 is 2.06 bits per heavy atom. The average Bonchev–Trinajstić information content (AvgIpc) is 2.82. The third kappa shape index (κ3) is 2.09. The normalized spacial score (nSPS) is 11.3. The molecule has 0 saturated carbocycles. The molecule has 0 atom stereocenters. The van der Waals surface area contributed by atoms with E-state index in [1.165, 1.54) is 6.20 Å². The summed E-state index contributed by atoms with van der Waals surface area (Å²) >= 11 is 0. The Hall–Kier alpha value is -2.22. The number of hydrogen-bond acceptors (Lipinski definition) is 2. The molecule has 1 heterocycles. The first-order valence-electron chi connectivity index (χ1n) is 5.36. The lowest BCUT2D eigenvalue weighted by atomic mass is 9.95. The lowest BCUT2D eigenvalue weighted by Gasteiger charge is -2.10. The molecular formula is C13H11F2N3. The van der Waals surface area contributed by atoms with Gasteiger partial charge in [-0.3, -0.25) is 0 Å². The van der Waals surface area contributed by atoms with Crippen LogP contribution in [-0.2, 0) is 5.41 Å². The number of hydrogen-bond donors (Lipinski definition) is 1. The van der Waals surface area contributed by atoms with E-state index in [0.29, 0.717) is 11.5 Å². The van der Waals surface area contributed by atoms with Crippen LogP contribution in [0.15, 0.2) is 24.4 Å². The Bertz CT molecular complexity index is 623. The molecule has 0 radical (unpaired) electrons. The van der Waals surface area contributed by atoms with Crippen molar-refractivity contribution in [3.05, 3.63) is 41.9 Å². The van der Waals surface area contributed by atoms with Crippen LogP contribution in [0.2, 0.25) is 0 Å². The Morgan fingerprint density at radius 3 is 2.72 bits per heavy atom. The summed E-state index contributed by atoms with van der Waals surface area (Å²) in [5.74, 6) is -0.646. The van der Waals surface area contributed by atoms with E-state index in [1.54, 1.807) is 13.8 Å². The third-order valence-corrected chi connectivity index (χ3v) is 2.67. The molecule has 92 valence electrons. The maximum Gasteiger partial charge on any atom is 0.132 e. The fourth-order valence-corrected chi connectivity index (χ4v) is 1.53. The first kappa shape index (κ1) is 12.2. The number of rotatable bonds is 2. The van der Waals surface area contributed by atoms with E-state index in [-0.39, 0.29) is 5.56 Å². The minimum atomic E-state index is -0.804. The summed E-state index contributed by atoms with van der Waals surface area (Å²) < 4.78 is 26.6. The molecule has 18 heavy (non-hydrogen) atoms. The van der Waals surface area contributed by atoms with Gasteiger partial charge >= 0.3 is 0 Å². The molecule has 0 bridgehead atoms. The van der Waals surface area contributed by atoms with Gasteiger partial charge in [0, 0.05) is 5.56 Å². The molecule has 0 aliphatic carbocycles. The lowest BCUT2D eigenvalue weighted by Crippen LogP contribution is -2.15. The standard InChI is InChI=1S/C13H11F2N3/c1-13(2,7-16)12-17-6-11(18-12)9-5-8(14)3-4-10(9)15/h3-6H,1-2H3,(H,17,18). The first-order chi connectivity index (χ1) is 8.44. The van der Waals surface area contributed by atoms with E-state index in [1.807, 2.05) is 0 Å². The number of H-pyrrole nitrogens is 1. The largest absolute Gasteiger partial charge is 0.341 e. The number of halogens is 2. The zero-order valence-corrected chi connectivity index (χ0v) is 9.96. The highest BCUT2D eigenvalue weighted by atomic mass is 19.1. The fourth-order valence-electron chi connectivity index (χ4n) is 1.53. The Kier molecular flexibility index (Phi) is 2.87. The SMILES string of the molecule is CC(C)(C#N)c1ncc(-c2cc(F)ccc2F)[nH]1. The number of nitriles is 1. The molecule has 0 spiro atoms. The highest BCUT2D eigenvalue weighted by Gasteiger charge is 2.24. The van der Waals surface area contributed by atoms with Crippen molar-refractivity contribution in [2.45, 2.75) is 19.3 Å². The molecule has 2 aromatic rings. The van der Waals surface area contributed by atoms with Crippen LogP contribution in [0.25, 0.3) is 11.3 Å². The summed E-state index contributed by atoms with van der Waals surface area (Å²) in [5, 5.41) is 8.98. The number of aromatic amines is 1. The highest BCUT2D eigenvalue weighted by molar-refractivity contribution is 5.59. The Morgan fingerprint density at radius 1 is 1.33 bits per heavy atom. The lowest BCUT2D eigenvalue weighted by molar-refractivity contribution is 0.602. The molecule has 5 heteroatoms. The molecule has 1 aromatic heterocycles. The van der Waals surface area contributed by atoms with Crippen molar-refractivity contribution < 1.29 is 8.78 Å².